The number of alkyl halides is 2. The zero-order valence-electron chi connectivity index (χ0n) is 8.70. The molecule has 0 radical (unpaired) electrons. The van der Waals surface area contributed by atoms with Crippen LogP contribution in [-0.4, -0.2) is 29.1 Å². The second-order valence-corrected chi connectivity index (χ2v) is 3.26. The highest BCUT2D eigenvalue weighted by molar-refractivity contribution is 5.99. The lowest BCUT2D eigenvalue weighted by molar-refractivity contribution is 0.0661. The molecular weight excluding hydrogens is 206 g/mol. The Morgan fingerprint density at radius 3 is 2.53 bits per heavy atom. The van der Waals surface area contributed by atoms with Gasteiger partial charge in [0.25, 0.3) is 5.78 Å². The van der Waals surface area contributed by atoms with E-state index < -0.39 is 12.2 Å². The zero-order chi connectivity index (χ0) is 11.6. The van der Waals surface area contributed by atoms with E-state index in [1.807, 2.05) is 0 Å². The highest BCUT2D eigenvalue weighted by atomic mass is 19.3. The van der Waals surface area contributed by atoms with E-state index in [0.29, 0.717) is 0 Å². The Morgan fingerprint density at radius 2 is 2.13 bits per heavy atom. The first-order valence-electron chi connectivity index (χ1n) is 4.42. The van der Waals surface area contributed by atoms with Crippen molar-refractivity contribution in [1.82, 2.24) is 9.78 Å². The fourth-order valence-electron chi connectivity index (χ4n) is 1.23. The summed E-state index contributed by atoms with van der Waals surface area (Å²) in [6, 6.07) is -0.174. The SMILES string of the molecule is COc1cnn(C(C)C)c1C(=O)C(F)F. The van der Waals surface area contributed by atoms with Gasteiger partial charge in [-0.3, -0.25) is 9.48 Å². The Balaban J connectivity index is 3.22. The van der Waals surface area contributed by atoms with Gasteiger partial charge in [-0.25, -0.2) is 8.78 Å². The van der Waals surface area contributed by atoms with Crippen LogP contribution in [0.4, 0.5) is 8.78 Å². The van der Waals surface area contributed by atoms with Crippen LogP contribution in [0.1, 0.15) is 30.4 Å². The van der Waals surface area contributed by atoms with Gasteiger partial charge in [-0.05, 0) is 13.8 Å². The fraction of sp³-hybridized carbons (Fsp3) is 0.556. The molecule has 0 fully saturated rings. The van der Waals surface area contributed by atoms with Crippen molar-refractivity contribution in [2.45, 2.75) is 26.3 Å². The van der Waals surface area contributed by atoms with E-state index in [2.05, 4.69) is 5.10 Å². The minimum atomic E-state index is -3.05. The molecule has 0 atom stereocenters. The molecular formula is C9H12F2N2O2. The van der Waals surface area contributed by atoms with Crippen LogP contribution in [0, 0.1) is 0 Å². The van der Waals surface area contributed by atoms with Crippen LogP contribution in [0.3, 0.4) is 0 Å². The maximum atomic E-state index is 12.3. The molecule has 1 aromatic rings. The van der Waals surface area contributed by atoms with Crippen molar-refractivity contribution in [3.05, 3.63) is 11.9 Å². The van der Waals surface area contributed by atoms with Gasteiger partial charge >= 0.3 is 6.43 Å². The van der Waals surface area contributed by atoms with E-state index >= 15 is 0 Å². The predicted octanol–water partition coefficient (Wildman–Crippen LogP) is 1.92. The number of nitrogens with zero attached hydrogens (tertiary/aromatic N) is 2. The topological polar surface area (TPSA) is 44.1 Å². The molecule has 0 spiro atoms. The number of ketones is 1. The lowest BCUT2D eigenvalue weighted by atomic mass is 10.2. The average Bonchev–Trinajstić information content (AvgIpc) is 2.59. The number of halogens is 2. The maximum Gasteiger partial charge on any atom is 0.302 e. The van der Waals surface area contributed by atoms with Crippen LogP contribution in [0.5, 0.6) is 5.75 Å². The third-order valence-corrected chi connectivity index (χ3v) is 1.90. The molecule has 0 aliphatic heterocycles. The molecule has 6 heteroatoms. The summed E-state index contributed by atoms with van der Waals surface area (Å²) in [5, 5.41) is 3.83. The molecule has 0 saturated carbocycles. The van der Waals surface area contributed by atoms with Crippen molar-refractivity contribution in [2.24, 2.45) is 0 Å². The molecule has 0 aliphatic carbocycles. The third-order valence-electron chi connectivity index (χ3n) is 1.90. The Labute approximate surface area is 85.8 Å². The number of carbonyl (C=O) groups is 1. The third kappa shape index (κ3) is 2.14. The quantitative estimate of drug-likeness (QED) is 0.725. The minimum Gasteiger partial charge on any atom is -0.493 e. The van der Waals surface area contributed by atoms with Crippen molar-refractivity contribution in [2.75, 3.05) is 7.11 Å². The number of hydrogen-bond acceptors (Lipinski definition) is 3. The number of aromatic nitrogens is 2. The molecule has 4 nitrogen and oxygen atoms in total. The van der Waals surface area contributed by atoms with Gasteiger partial charge in [0.05, 0.1) is 13.3 Å². The highest BCUT2D eigenvalue weighted by Gasteiger charge is 2.27. The van der Waals surface area contributed by atoms with Crippen LogP contribution < -0.4 is 4.74 Å². The number of rotatable bonds is 4. The molecule has 0 amide bonds. The van der Waals surface area contributed by atoms with Crippen molar-refractivity contribution >= 4 is 5.78 Å². The van der Waals surface area contributed by atoms with Crippen LogP contribution in [0.25, 0.3) is 0 Å². The van der Waals surface area contributed by atoms with Gasteiger partial charge in [0.2, 0.25) is 0 Å². The van der Waals surface area contributed by atoms with Gasteiger partial charge in [-0.15, -0.1) is 0 Å². The summed E-state index contributed by atoms with van der Waals surface area (Å²) >= 11 is 0. The van der Waals surface area contributed by atoms with Crippen molar-refractivity contribution in [1.29, 1.82) is 0 Å². The Bertz CT molecular complexity index is 361. The van der Waals surface area contributed by atoms with Gasteiger partial charge in [0.15, 0.2) is 11.4 Å². The molecule has 1 rings (SSSR count). The number of methoxy groups -OCH3 is 1. The second-order valence-electron chi connectivity index (χ2n) is 3.26. The molecule has 0 bridgehead atoms. The standard InChI is InChI=1S/C9H12F2N2O2/c1-5(2)13-7(8(14)9(10)11)6(15-3)4-12-13/h4-5,9H,1-3H3. The van der Waals surface area contributed by atoms with Crippen molar-refractivity contribution in [3.8, 4) is 5.75 Å². The van der Waals surface area contributed by atoms with Crippen LogP contribution >= 0.6 is 0 Å². The van der Waals surface area contributed by atoms with E-state index in [9.17, 15) is 13.6 Å². The first-order valence-corrected chi connectivity index (χ1v) is 4.42. The van der Waals surface area contributed by atoms with Gasteiger partial charge < -0.3 is 4.74 Å². The second kappa shape index (κ2) is 4.37. The molecule has 0 aromatic carbocycles. The summed E-state index contributed by atoms with van der Waals surface area (Å²) in [6.45, 7) is 3.49. The van der Waals surface area contributed by atoms with E-state index in [1.54, 1.807) is 13.8 Å². The number of Topliss-reactive ketones (excluding diaryl/α,β-unsaturated/α-hetero) is 1. The van der Waals surface area contributed by atoms with E-state index in [4.69, 9.17) is 4.74 Å². The summed E-state index contributed by atoms with van der Waals surface area (Å²) in [6.07, 6.45) is -1.79. The van der Waals surface area contributed by atoms with Crippen LogP contribution in [0.15, 0.2) is 6.20 Å². The Hall–Kier alpha value is -1.46. The van der Waals surface area contributed by atoms with E-state index in [0.717, 1.165) is 0 Å². The zero-order valence-corrected chi connectivity index (χ0v) is 8.70. The number of carbonyl (C=O) groups excluding carboxylic acids is 1. The van der Waals surface area contributed by atoms with Gasteiger partial charge in [-0.2, -0.15) is 5.10 Å². The smallest absolute Gasteiger partial charge is 0.302 e. The lowest BCUT2D eigenvalue weighted by Crippen LogP contribution is -2.18. The van der Waals surface area contributed by atoms with E-state index in [1.165, 1.54) is 18.0 Å². The monoisotopic (exact) mass is 218 g/mol. The van der Waals surface area contributed by atoms with Crippen LogP contribution in [0.2, 0.25) is 0 Å². The largest absolute Gasteiger partial charge is 0.493 e. The fourth-order valence-corrected chi connectivity index (χ4v) is 1.23. The average molecular weight is 218 g/mol. The lowest BCUT2D eigenvalue weighted by Gasteiger charge is -2.10. The van der Waals surface area contributed by atoms with Crippen molar-refractivity contribution in [3.63, 3.8) is 0 Å². The Kier molecular flexibility index (Phi) is 3.39. The first kappa shape index (κ1) is 11.6. The number of hydrogen-bond donors (Lipinski definition) is 0. The van der Waals surface area contributed by atoms with Gasteiger partial charge in [-0.1, -0.05) is 0 Å². The minimum absolute atomic E-state index is 0.0778. The molecule has 0 aliphatic rings. The molecule has 0 unspecified atom stereocenters. The summed E-state index contributed by atoms with van der Waals surface area (Å²) < 4.78 is 30.6. The molecule has 1 aromatic heterocycles. The molecule has 84 valence electrons. The molecule has 1 heterocycles. The molecule has 0 N–H and O–H groups in total. The van der Waals surface area contributed by atoms with Gasteiger partial charge in [0, 0.05) is 6.04 Å². The first-order chi connectivity index (χ1) is 6.99. The summed E-state index contributed by atoms with van der Waals surface area (Å²) in [5.74, 6) is -1.19. The molecule has 15 heavy (non-hydrogen) atoms. The van der Waals surface area contributed by atoms with Crippen molar-refractivity contribution < 1.29 is 18.3 Å². The summed E-state index contributed by atoms with van der Waals surface area (Å²) in [7, 11) is 1.31. The highest BCUT2D eigenvalue weighted by Crippen LogP contribution is 2.23. The summed E-state index contributed by atoms with van der Waals surface area (Å²) in [5.41, 5.74) is -0.178. The normalized spacial score (nSPS) is 11.1. The maximum absolute atomic E-state index is 12.3. The van der Waals surface area contributed by atoms with E-state index in [-0.39, 0.29) is 17.5 Å². The Morgan fingerprint density at radius 1 is 1.53 bits per heavy atom. The van der Waals surface area contributed by atoms with Crippen LogP contribution in [-0.2, 0) is 0 Å². The molecule has 0 saturated heterocycles. The predicted molar refractivity (Wildman–Crippen MR) is 49.5 cm³/mol. The number of ether oxygens (including phenoxy) is 1. The van der Waals surface area contributed by atoms with Gasteiger partial charge in [0.1, 0.15) is 0 Å². The summed E-state index contributed by atoms with van der Waals surface area (Å²) in [4.78, 5) is 11.2.